The quantitative estimate of drug-likeness (QED) is 0.459. The molecule has 0 saturated carbocycles. The molecular weight excluding hydrogens is 487 g/mol. The van der Waals surface area contributed by atoms with Crippen LogP contribution < -0.4 is 9.62 Å². The lowest BCUT2D eigenvalue weighted by Crippen LogP contribution is -2.38. The van der Waals surface area contributed by atoms with E-state index in [1.54, 1.807) is 24.3 Å². The van der Waals surface area contributed by atoms with E-state index >= 15 is 0 Å². The zero-order valence-electron chi connectivity index (χ0n) is 17.7. The van der Waals surface area contributed by atoms with Gasteiger partial charge in [0, 0.05) is 15.7 Å². The fourth-order valence-corrected chi connectivity index (χ4v) is 4.93. The number of halogens is 2. The molecule has 0 aromatic heterocycles. The summed E-state index contributed by atoms with van der Waals surface area (Å²) >= 11 is 12.2. The van der Waals surface area contributed by atoms with Crippen LogP contribution in [-0.2, 0) is 19.6 Å². The van der Waals surface area contributed by atoms with Crippen LogP contribution in [0.5, 0.6) is 0 Å². The minimum absolute atomic E-state index is 0.00434. The van der Waals surface area contributed by atoms with Crippen molar-refractivity contribution in [1.82, 2.24) is 0 Å². The lowest BCUT2D eigenvalue weighted by atomic mass is 10.2. The number of benzene rings is 3. The molecule has 0 aliphatic rings. The number of ether oxygens (including phenoxy) is 1. The number of carbonyl (C=O) groups is 2. The molecule has 0 aliphatic carbocycles. The molecule has 0 heterocycles. The third kappa shape index (κ3) is 6.04. The van der Waals surface area contributed by atoms with Crippen LogP contribution in [0.4, 0.5) is 11.4 Å². The van der Waals surface area contributed by atoms with Crippen LogP contribution in [0.3, 0.4) is 0 Å². The highest BCUT2D eigenvalue weighted by Gasteiger charge is 2.28. The molecule has 1 amide bonds. The molecule has 0 fully saturated rings. The molecule has 0 bridgehead atoms. The lowest BCUT2D eigenvalue weighted by molar-refractivity contribution is -0.114. The lowest BCUT2D eigenvalue weighted by Gasteiger charge is -2.24. The summed E-state index contributed by atoms with van der Waals surface area (Å²) in [6.07, 6.45) is 0. The highest BCUT2D eigenvalue weighted by atomic mass is 35.5. The van der Waals surface area contributed by atoms with Crippen molar-refractivity contribution in [2.24, 2.45) is 0 Å². The summed E-state index contributed by atoms with van der Waals surface area (Å²) < 4.78 is 32.5. The highest BCUT2D eigenvalue weighted by Crippen LogP contribution is 2.30. The molecule has 0 atom stereocenters. The molecule has 0 saturated heterocycles. The zero-order valence-corrected chi connectivity index (χ0v) is 20.0. The number of rotatable bonds is 7. The number of aryl methyl sites for hydroxylation is 1. The van der Waals surface area contributed by atoms with Gasteiger partial charge in [-0.1, -0.05) is 47.0 Å². The van der Waals surface area contributed by atoms with Gasteiger partial charge in [0.1, 0.15) is 6.54 Å². The molecule has 3 aromatic rings. The number of nitrogens with zero attached hydrogens (tertiary/aromatic N) is 1. The van der Waals surface area contributed by atoms with Crippen LogP contribution in [0.25, 0.3) is 0 Å². The largest absolute Gasteiger partial charge is 0.465 e. The van der Waals surface area contributed by atoms with Crippen molar-refractivity contribution in [2.45, 2.75) is 11.8 Å². The van der Waals surface area contributed by atoms with Crippen molar-refractivity contribution < 1.29 is 22.7 Å². The summed E-state index contributed by atoms with van der Waals surface area (Å²) in [5.74, 6) is -1.20. The van der Waals surface area contributed by atoms with Gasteiger partial charge in [0.2, 0.25) is 5.91 Å². The Hall–Kier alpha value is -3.07. The van der Waals surface area contributed by atoms with E-state index in [1.807, 2.05) is 6.92 Å². The Morgan fingerprint density at radius 3 is 2.21 bits per heavy atom. The van der Waals surface area contributed by atoms with Gasteiger partial charge >= 0.3 is 5.97 Å². The maximum atomic E-state index is 13.4. The Labute approximate surface area is 201 Å². The number of methoxy groups -OCH3 is 1. The number of nitrogens with one attached hydrogen (secondary N) is 1. The fourth-order valence-electron chi connectivity index (χ4n) is 3.01. The van der Waals surface area contributed by atoms with Gasteiger partial charge in [-0.15, -0.1) is 0 Å². The van der Waals surface area contributed by atoms with Gasteiger partial charge in [0.05, 0.1) is 23.3 Å². The van der Waals surface area contributed by atoms with Gasteiger partial charge in [-0.25, -0.2) is 13.2 Å². The molecule has 3 aromatic carbocycles. The molecule has 172 valence electrons. The smallest absolute Gasteiger partial charge is 0.337 e. The molecule has 0 aliphatic heterocycles. The summed E-state index contributed by atoms with van der Waals surface area (Å²) in [4.78, 5) is 24.6. The molecule has 7 nitrogen and oxygen atoms in total. The van der Waals surface area contributed by atoms with Crippen molar-refractivity contribution in [1.29, 1.82) is 0 Å². The number of hydrogen-bond donors (Lipinski definition) is 1. The van der Waals surface area contributed by atoms with E-state index in [0.29, 0.717) is 5.69 Å². The molecule has 3 rings (SSSR count). The number of hydrogen-bond acceptors (Lipinski definition) is 5. The summed E-state index contributed by atoms with van der Waals surface area (Å²) in [6.45, 7) is 1.27. The first-order valence-electron chi connectivity index (χ1n) is 9.64. The Bertz CT molecular complexity index is 1270. The molecule has 10 heteroatoms. The number of sulfonamides is 1. The van der Waals surface area contributed by atoms with E-state index in [1.165, 1.54) is 49.6 Å². The molecule has 0 radical (unpaired) electrons. The first-order chi connectivity index (χ1) is 15.6. The monoisotopic (exact) mass is 506 g/mol. The van der Waals surface area contributed by atoms with Gasteiger partial charge in [-0.2, -0.15) is 0 Å². The van der Waals surface area contributed by atoms with Crippen molar-refractivity contribution >= 4 is 56.5 Å². The minimum Gasteiger partial charge on any atom is -0.465 e. The Morgan fingerprint density at radius 2 is 1.61 bits per heavy atom. The van der Waals surface area contributed by atoms with E-state index in [9.17, 15) is 18.0 Å². The van der Waals surface area contributed by atoms with Crippen LogP contribution >= 0.6 is 23.2 Å². The Kier molecular flexibility index (Phi) is 7.63. The number of amides is 1. The Morgan fingerprint density at radius 1 is 0.970 bits per heavy atom. The number of carbonyl (C=O) groups excluding carboxylic acids is 2. The van der Waals surface area contributed by atoms with Gasteiger partial charge in [-0.3, -0.25) is 9.10 Å². The first-order valence-corrected chi connectivity index (χ1v) is 11.8. The second kappa shape index (κ2) is 10.2. The molecule has 1 N–H and O–H groups in total. The number of anilines is 2. The predicted molar refractivity (Wildman–Crippen MR) is 129 cm³/mol. The van der Waals surface area contributed by atoms with Crippen LogP contribution in [0.15, 0.2) is 71.6 Å². The topological polar surface area (TPSA) is 92.8 Å². The number of esters is 1. The third-order valence-electron chi connectivity index (χ3n) is 4.60. The standard InChI is InChI=1S/C23H20Cl2N2O5S/c1-15-6-8-21(9-7-15)33(30,31)27(20-12-17(24)11-18(25)13-20)14-22(28)26-19-5-3-4-16(10-19)23(29)32-2/h3-13H,14H2,1-2H3,(H,26,28). The maximum absolute atomic E-state index is 13.4. The van der Waals surface area contributed by atoms with Gasteiger partial charge in [0.15, 0.2) is 0 Å². The van der Waals surface area contributed by atoms with E-state index in [4.69, 9.17) is 23.2 Å². The molecule has 0 spiro atoms. The van der Waals surface area contributed by atoms with E-state index in [0.717, 1.165) is 9.87 Å². The molecule has 33 heavy (non-hydrogen) atoms. The van der Waals surface area contributed by atoms with E-state index < -0.39 is 28.4 Å². The van der Waals surface area contributed by atoms with Crippen molar-refractivity contribution in [3.63, 3.8) is 0 Å². The molecule has 0 unspecified atom stereocenters. The van der Waals surface area contributed by atoms with Crippen LogP contribution in [0.2, 0.25) is 10.0 Å². The SMILES string of the molecule is COC(=O)c1cccc(NC(=O)CN(c2cc(Cl)cc(Cl)c2)S(=O)(=O)c2ccc(C)cc2)c1. The summed E-state index contributed by atoms with van der Waals surface area (Å²) in [5.41, 5.74) is 1.56. The minimum atomic E-state index is -4.14. The zero-order chi connectivity index (χ0) is 24.2. The average molecular weight is 507 g/mol. The second-order valence-corrected chi connectivity index (χ2v) is 9.81. The second-order valence-electron chi connectivity index (χ2n) is 7.07. The Balaban J connectivity index is 1.95. The van der Waals surface area contributed by atoms with Gasteiger partial charge < -0.3 is 10.1 Å². The van der Waals surface area contributed by atoms with Crippen LogP contribution in [0, 0.1) is 6.92 Å². The highest BCUT2D eigenvalue weighted by molar-refractivity contribution is 7.92. The maximum Gasteiger partial charge on any atom is 0.337 e. The van der Waals surface area contributed by atoms with Crippen LogP contribution in [0.1, 0.15) is 15.9 Å². The average Bonchev–Trinajstić information content (AvgIpc) is 2.76. The summed E-state index contributed by atoms with van der Waals surface area (Å²) in [6, 6.07) is 16.6. The van der Waals surface area contributed by atoms with Crippen molar-refractivity contribution in [3.8, 4) is 0 Å². The van der Waals surface area contributed by atoms with Crippen LogP contribution in [-0.4, -0.2) is 33.9 Å². The van der Waals surface area contributed by atoms with Gasteiger partial charge in [-0.05, 0) is 55.5 Å². The van der Waals surface area contributed by atoms with Crippen molar-refractivity contribution in [3.05, 3.63) is 87.9 Å². The fraction of sp³-hybridized carbons (Fsp3) is 0.130. The van der Waals surface area contributed by atoms with Gasteiger partial charge in [0.25, 0.3) is 10.0 Å². The summed E-state index contributed by atoms with van der Waals surface area (Å²) in [5, 5.41) is 3.04. The normalized spacial score (nSPS) is 11.0. The van der Waals surface area contributed by atoms with Crippen molar-refractivity contribution in [2.75, 3.05) is 23.3 Å². The summed E-state index contributed by atoms with van der Waals surface area (Å²) in [7, 11) is -2.89. The third-order valence-corrected chi connectivity index (χ3v) is 6.82. The first kappa shape index (κ1) is 24.6. The van der Waals surface area contributed by atoms with E-state index in [-0.39, 0.29) is 26.2 Å². The van der Waals surface area contributed by atoms with E-state index in [2.05, 4.69) is 10.1 Å². The predicted octanol–water partition coefficient (Wildman–Crippen LogP) is 4.92. The molecular formula is C23H20Cl2N2O5S.